The van der Waals surface area contributed by atoms with Crippen molar-refractivity contribution in [3.05, 3.63) is 45.7 Å². The lowest BCUT2D eigenvalue weighted by atomic mass is 10.2. The van der Waals surface area contributed by atoms with E-state index in [4.69, 9.17) is 16.7 Å². The topological polar surface area (TPSA) is 62.2 Å². The van der Waals surface area contributed by atoms with Gasteiger partial charge in [-0.3, -0.25) is 10.1 Å². The number of carbonyl (C=O) groups excluding carboxylic acids is 1. The molecular formula is C14H10ClFN2O2S. The number of aliphatic hydroxyl groups is 1. The van der Waals surface area contributed by atoms with Crippen LogP contribution in [0.2, 0.25) is 5.02 Å². The first-order valence-corrected chi connectivity index (χ1v) is 7.12. The second-order valence-corrected chi connectivity index (χ2v) is 5.29. The summed E-state index contributed by atoms with van der Waals surface area (Å²) in [5.41, 5.74) is -0.220. The molecule has 2 aromatic rings. The quantitative estimate of drug-likeness (QED) is 0.853. The number of benzene rings is 1. The lowest BCUT2D eigenvalue weighted by molar-refractivity contribution is 0.102. The summed E-state index contributed by atoms with van der Waals surface area (Å²) < 4.78 is 13.6. The van der Waals surface area contributed by atoms with Gasteiger partial charge < -0.3 is 5.11 Å². The van der Waals surface area contributed by atoms with Gasteiger partial charge in [-0.1, -0.05) is 40.8 Å². The van der Waals surface area contributed by atoms with Crippen LogP contribution >= 0.6 is 22.9 Å². The highest BCUT2D eigenvalue weighted by molar-refractivity contribution is 7.16. The van der Waals surface area contributed by atoms with Gasteiger partial charge in [-0.05, 0) is 12.1 Å². The largest absolute Gasteiger partial charge is 0.395 e. The SMILES string of the molecule is O=C(Nc1ncc(C#CCCO)s1)c1c(F)cccc1Cl. The first kappa shape index (κ1) is 15.4. The maximum Gasteiger partial charge on any atom is 0.261 e. The summed E-state index contributed by atoms with van der Waals surface area (Å²) in [6.07, 6.45) is 1.86. The van der Waals surface area contributed by atoms with Crippen molar-refractivity contribution in [3.8, 4) is 11.8 Å². The van der Waals surface area contributed by atoms with Gasteiger partial charge in [0.25, 0.3) is 5.91 Å². The highest BCUT2D eigenvalue weighted by Crippen LogP contribution is 2.22. The van der Waals surface area contributed by atoms with Crippen LogP contribution in [0.25, 0.3) is 0 Å². The zero-order chi connectivity index (χ0) is 15.2. The number of thiazole rings is 1. The summed E-state index contributed by atoms with van der Waals surface area (Å²) in [4.78, 5) is 16.6. The molecule has 1 aromatic carbocycles. The molecule has 0 fully saturated rings. The normalized spacial score (nSPS) is 9.86. The summed E-state index contributed by atoms with van der Waals surface area (Å²) in [7, 11) is 0. The number of anilines is 1. The molecule has 4 nitrogen and oxygen atoms in total. The van der Waals surface area contributed by atoms with E-state index in [9.17, 15) is 9.18 Å². The molecular weight excluding hydrogens is 315 g/mol. The summed E-state index contributed by atoms with van der Waals surface area (Å²) in [6, 6.07) is 4.02. The summed E-state index contributed by atoms with van der Waals surface area (Å²) in [5.74, 6) is 4.18. The monoisotopic (exact) mass is 324 g/mol. The molecule has 0 atom stereocenters. The number of aliphatic hydroxyl groups excluding tert-OH is 1. The zero-order valence-electron chi connectivity index (χ0n) is 10.7. The Labute approximate surface area is 129 Å². The fourth-order valence-corrected chi connectivity index (χ4v) is 2.40. The minimum absolute atomic E-state index is 0.0127. The Morgan fingerprint density at radius 2 is 2.33 bits per heavy atom. The van der Waals surface area contributed by atoms with Gasteiger partial charge in [-0.2, -0.15) is 0 Å². The Hall–Kier alpha value is -1.94. The van der Waals surface area contributed by atoms with Crippen molar-refractivity contribution in [3.63, 3.8) is 0 Å². The molecule has 0 bridgehead atoms. The van der Waals surface area contributed by atoms with Crippen LogP contribution in [0.1, 0.15) is 21.7 Å². The molecule has 1 amide bonds. The molecule has 0 spiro atoms. The average molecular weight is 325 g/mol. The molecule has 0 aliphatic rings. The molecule has 0 saturated carbocycles. The van der Waals surface area contributed by atoms with Gasteiger partial charge >= 0.3 is 0 Å². The van der Waals surface area contributed by atoms with E-state index < -0.39 is 11.7 Å². The first-order chi connectivity index (χ1) is 10.1. The van der Waals surface area contributed by atoms with E-state index in [1.165, 1.54) is 18.3 Å². The molecule has 1 heterocycles. The average Bonchev–Trinajstić information content (AvgIpc) is 2.86. The Morgan fingerprint density at radius 3 is 3.05 bits per heavy atom. The Bertz CT molecular complexity index is 701. The molecule has 0 unspecified atom stereocenters. The molecule has 0 aliphatic carbocycles. The van der Waals surface area contributed by atoms with Gasteiger partial charge in [0, 0.05) is 6.42 Å². The van der Waals surface area contributed by atoms with Crippen molar-refractivity contribution in [1.29, 1.82) is 0 Å². The molecule has 1 aromatic heterocycles. The number of aromatic nitrogens is 1. The van der Waals surface area contributed by atoms with Crippen LogP contribution in [0.3, 0.4) is 0 Å². The molecule has 2 rings (SSSR count). The van der Waals surface area contributed by atoms with E-state index in [2.05, 4.69) is 22.1 Å². The highest BCUT2D eigenvalue weighted by Gasteiger charge is 2.16. The zero-order valence-corrected chi connectivity index (χ0v) is 12.3. The van der Waals surface area contributed by atoms with Crippen LogP contribution in [-0.4, -0.2) is 22.6 Å². The predicted octanol–water partition coefficient (Wildman–Crippen LogP) is 2.92. The first-order valence-electron chi connectivity index (χ1n) is 5.92. The minimum Gasteiger partial charge on any atom is -0.395 e. The maximum absolute atomic E-state index is 13.6. The van der Waals surface area contributed by atoms with Gasteiger partial charge in [0.15, 0.2) is 5.13 Å². The number of nitrogens with zero attached hydrogens (tertiary/aromatic N) is 1. The number of rotatable bonds is 3. The van der Waals surface area contributed by atoms with E-state index in [-0.39, 0.29) is 17.2 Å². The Morgan fingerprint density at radius 1 is 1.52 bits per heavy atom. The van der Waals surface area contributed by atoms with Gasteiger partial charge in [0.1, 0.15) is 5.82 Å². The van der Waals surface area contributed by atoms with Crippen molar-refractivity contribution in [2.45, 2.75) is 6.42 Å². The number of hydrogen-bond acceptors (Lipinski definition) is 4. The van der Waals surface area contributed by atoms with Gasteiger partial charge in [0.2, 0.25) is 0 Å². The van der Waals surface area contributed by atoms with Crippen LogP contribution in [-0.2, 0) is 0 Å². The van der Waals surface area contributed by atoms with Gasteiger partial charge in [0.05, 0.1) is 28.3 Å². The van der Waals surface area contributed by atoms with Gasteiger partial charge in [-0.15, -0.1) is 0 Å². The second-order valence-electron chi connectivity index (χ2n) is 3.86. The molecule has 0 aliphatic heterocycles. The Kier molecular flexibility index (Phi) is 5.28. The fraction of sp³-hybridized carbons (Fsp3) is 0.143. The van der Waals surface area contributed by atoms with E-state index in [1.54, 1.807) is 0 Å². The van der Waals surface area contributed by atoms with Crippen molar-refractivity contribution in [2.24, 2.45) is 0 Å². The lowest BCUT2D eigenvalue weighted by Crippen LogP contribution is -2.14. The number of amides is 1. The van der Waals surface area contributed by atoms with Crippen LogP contribution < -0.4 is 5.32 Å². The van der Waals surface area contributed by atoms with Crippen LogP contribution in [0, 0.1) is 17.7 Å². The molecule has 7 heteroatoms. The summed E-state index contributed by atoms with van der Waals surface area (Å²) in [5, 5.41) is 11.4. The Balaban J connectivity index is 2.12. The second kappa shape index (κ2) is 7.18. The van der Waals surface area contributed by atoms with Crippen LogP contribution in [0.4, 0.5) is 9.52 Å². The maximum atomic E-state index is 13.6. The molecule has 108 valence electrons. The molecule has 0 saturated heterocycles. The molecule has 2 N–H and O–H groups in total. The van der Waals surface area contributed by atoms with E-state index in [1.807, 2.05) is 0 Å². The number of nitrogens with one attached hydrogen (secondary N) is 1. The van der Waals surface area contributed by atoms with Crippen molar-refractivity contribution in [2.75, 3.05) is 11.9 Å². The third kappa shape index (κ3) is 4.02. The van der Waals surface area contributed by atoms with Gasteiger partial charge in [-0.25, -0.2) is 9.37 Å². The lowest BCUT2D eigenvalue weighted by Gasteiger charge is -2.04. The van der Waals surface area contributed by atoms with Crippen molar-refractivity contribution < 1.29 is 14.3 Å². The standard InChI is InChI=1S/C14H10ClFN2O2S/c15-10-5-3-6-11(16)12(10)13(20)18-14-17-8-9(21-14)4-1-2-7-19/h3,5-6,8,19H,2,7H2,(H,17,18,20). The fourth-order valence-electron chi connectivity index (χ4n) is 1.47. The van der Waals surface area contributed by atoms with E-state index in [0.717, 1.165) is 17.4 Å². The van der Waals surface area contributed by atoms with E-state index >= 15 is 0 Å². The number of carbonyl (C=O) groups is 1. The number of hydrogen-bond donors (Lipinski definition) is 2. The summed E-state index contributed by atoms with van der Waals surface area (Å²) >= 11 is 6.97. The van der Waals surface area contributed by atoms with E-state index in [0.29, 0.717) is 16.4 Å². The summed E-state index contributed by atoms with van der Waals surface area (Å²) in [6.45, 7) is -0.0127. The third-order valence-corrected chi connectivity index (χ3v) is 3.51. The molecule has 21 heavy (non-hydrogen) atoms. The smallest absolute Gasteiger partial charge is 0.261 e. The highest BCUT2D eigenvalue weighted by atomic mass is 35.5. The predicted molar refractivity (Wildman–Crippen MR) is 80.1 cm³/mol. The third-order valence-electron chi connectivity index (χ3n) is 2.36. The minimum atomic E-state index is -0.695. The number of halogens is 2. The van der Waals surface area contributed by atoms with Crippen molar-refractivity contribution in [1.82, 2.24) is 4.98 Å². The van der Waals surface area contributed by atoms with Crippen LogP contribution in [0.5, 0.6) is 0 Å². The van der Waals surface area contributed by atoms with Crippen LogP contribution in [0.15, 0.2) is 24.4 Å². The molecule has 0 radical (unpaired) electrons. The van der Waals surface area contributed by atoms with Crippen molar-refractivity contribution >= 4 is 34.0 Å².